The number of aromatic amines is 1. The summed E-state index contributed by atoms with van der Waals surface area (Å²) in [7, 11) is 0. The van der Waals surface area contributed by atoms with Crippen molar-refractivity contribution in [1.29, 1.82) is 0 Å². The van der Waals surface area contributed by atoms with Crippen molar-refractivity contribution in [3.63, 3.8) is 0 Å². The van der Waals surface area contributed by atoms with Gasteiger partial charge < -0.3 is 9.88 Å². The molecule has 1 aromatic heterocycles. The third-order valence-corrected chi connectivity index (χ3v) is 3.21. The number of nitrogens with one attached hydrogen (secondary N) is 1. The first kappa shape index (κ1) is 16.0. The van der Waals surface area contributed by atoms with E-state index < -0.39 is 0 Å². The van der Waals surface area contributed by atoms with Crippen molar-refractivity contribution in [2.24, 2.45) is 5.92 Å². The monoisotopic (exact) mass is 297 g/mol. The Kier molecular flexibility index (Phi) is 5.53. The Balaban J connectivity index is 2.06. The predicted octanol–water partition coefficient (Wildman–Crippen LogP) is 3.53. The second kappa shape index (κ2) is 7.59. The zero-order valence-corrected chi connectivity index (χ0v) is 13.4. The molecule has 22 heavy (non-hydrogen) atoms. The van der Waals surface area contributed by atoms with Crippen LogP contribution in [0.15, 0.2) is 42.6 Å². The Hall–Kier alpha value is -2.36. The summed E-state index contributed by atoms with van der Waals surface area (Å²) in [6.45, 7) is 7.39. The first-order chi connectivity index (χ1) is 10.6. The highest BCUT2D eigenvalue weighted by Gasteiger charge is 2.18. The first-order valence-electron chi connectivity index (χ1n) is 7.58. The summed E-state index contributed by atoms with van der Waals surface area (Å²) in [5.74, 6) is 0.760. The van der Waals surface area contributed by atoms with Crippen LogP contribution in [0.2, 0.25) is 0 Å². The molecule has 0 fully saturated rings. The molecule has 0 unspecified atom stereocenters. The zero-order chi connectivity index (χ0) is 15.9. The van der Waals surface area contributed by atoms with E-state index in [-0.39, 0.29) is 5.91 Å². The highest BCUT2D eigenvalue weighted by molar-refractivity contribution is 5.90. The number of imidazole rings is 1. The summed E-state index contributed by atoms with van der Waals surface area (Å²) in [4.78, 5) is 21.5. The Bertz CT molecular complexity index is 629. The van der Waals surface area contributed by atoms with Gasteiger partial charge in [-0.15, -0.1) is 0 Å². The van der Waals surface area contributed by atoms with Gasteiger partial charge in [-0.2, -0.15) is 0 Å². The van der Waals surface area contributed by atoms with Crippen LogP contribution in [0.3, 0.4) is 0 Å². The molecule has 0 aliphatic heterocycles. The van der Waals surface area contributed by atoms with E-state index in [9.17, 15) is 4.79 Å². The van der Waals surface area contributed by atoms with Crippen molar-refractivity contribution in [3.05, 3.63) is 59.7 Å². The third-order valence-electron chi connectivity index (χ3n) is 3.21. The SMILES string of the molecule is Cc1cnc(C(=O)N(CC=Cc2ccccc2)CC(C)C)[nH]1. The Morgan fingerprint density at radius 1 is 1.32 bits per heavy atom. The summed E-state index contributed by atoms with van der Waals surface area (Å²) in [6, 6.07) is 10.1. The van der Waals surface area contributed by atoms with E-state index in [4.69, 9.17) is 0 Å². The molecule has 4 nitrogen and oxygen atoms in total. The number of benzene rings is 1. The van der Waals surface area contributed by atoms with E-state index in [2.05, 4.69) is 23.8 Å². The van der Waals surface area contributed by atoms with E-state index in [1.807, 2.05) is 54.3 Å². The fourth-order valence-electron chi connectivity index (χ4n) is 2.23. The highest BCUT2D eigenvalue weighted by atomic mass is 16.2. The van der Waals surface area contributed by atoms with Crippen molar-refractivity contribution in [2.45, 2.75) is 20.8 Å². The fraction of sp³-hybridized carbons (Fsp3) is 0.333. The molecule has 0 radical (unpaired) electrons. The van der Waals surface area contributed by atoms with Crippen LogP contribution < -0.4 is 0 Å². The molecule has 2 aromatic rings. The van der Waals surface area contributed by atoms with Gasteiger partial charge >= 0.3 is 0 Å². The number of carbonyl (C=O) groups is 1. The van der Waals surface area contributed by atoms with Crippen LogP contribution in [-0.4, -0.2) is 33.9 Å². The van der Waals surface area contributed by atoms with Crippen molar-refractivity contribution in [1.82, 2.24) is 14.9 Å². The van der Waals surface area contributed by atoms with E-state index >= 15 is 0 Å². The van der Waals surface area contributed by atoms with Crippen LogP contribution in [0.4, 0.5) is 0 Å². The molecule has 1 heterocycles. The number of aryl methyl sites for hydroxylation is 1. The highest BCUT2D eigenvalue weighted by Crippen LogP contribution is 2.07. The normalized spacial score (nSPS) is 11.3. The molecule has 4 heteroatoms. The summed E-state index contributed by atoms with van der Waals surface area (Å²) in [5.41, 5.74) is 2.03. The molecule has 0 bridgehead atoms. The molecule has 1 amide bonds. The molecular weight excluding hydrogens is 274 g/mol. The number of rotatable bonds is 6. The number of nitrogens with zero attached hydrogens (tertiary/aromatic N) is 2. The molecule has 2 rings (SSSR count). The molecule has 0 aliphatic rings. The molecule has 0 spiro atoms. The quantitative estimate of drug-likeness (QED) is 0.886. The van der Waals surface area contributed by atoms with E-state index in [1.165, 1.54) is 0 Å². The van der Waals surface area contributed by atoms with Gasteiger partial charge in [-0.25, -0.2) is 4.98 Å². The number of hydrogen-bond acceptors (Lipinski definition) is 2. The number of carbonyl (C=O) groups excluding carboxylic acids is 1. The van der Waals surface area contributed by atoms with Gasteiger partial charge in [0.2, 0.25) is 0 Å². The van der Waals surface area contributed by atoms with Crippen molar-refractivity contribution >= 4 is 12.0 Å². The van der Waals surface area contributed by atoms with Crippen molar-refractivity contribution in [3.8, 4) is 0 Å². The van der Waals surface area contributed by atoms with Crippen molar-refractivity contribution < 1.29 is 4.79 Å². The molecule has 1 N–H and O–H groups in total. The van der Waals surface area contributed by atoms with E-state index in [1.54, 1.807) is 6.20 Å². The van der Waals surface area contributed by atoms with E-state index in [0.717, 1.165) is 11.3 Å². The molecule has 116 valence electrons. The van der Waals surface area contributed by atoms with Gasteiger partial charge in [0, 0.05) is 25.0 Å². The van der Waals surface area contributed by atoms with Gasteiger partial charge in [-0.3, -0.25) is 4.79 Å². The Labute approximate surface area is 131 Å². The summed E-state index contributed by atoms with van der Waals surface area (Å²) < 4.78 is 0. The van der Waals surface area contributed by atoms with Gasteiger partial charge in [0.1, 0.15) is 0 Å². The summed E-state index contributed by atoms with van der Waals surface area (Å²) in [5, 5.41) is 0. The van der Waals surface area contributed by atoms with Crippen LogP contribution in [0.5, 0.6) is 0 Å². The largest absolute Gasteiger partial charge is 0.338 e. The molecule has 0 aliphatic carbocycles. The molecular formula is C18H23N3O. The van der Waals surface area contributed by atoms with Crippen LogP contribution in [0.1, 0.15) is 35.7 Å². The van der Waals surface area contributed by atoms with Gasteiger partial charge in [-0.1, -0.05) is 56.3 Å². The summed E-state index contributed by atoms with van der Waals surface area (Å²) in [6.07, 6.45) is 5.74. The van der Waals surface area contributed by atoms with Gasteiger partial charge in [-0.05, 0) is 18.4 Å². The average Bonchev–Trinajstić information content (AvgIpc) is 2.93. The predicted molar refractivity (Wildman–Crippen MR) is 89.5 cm³/mol. The number of aromatic nitrogens is 2. The van der Waals surface area contributed by atoms with Crippen LogP contribution >= 0.6 is 0 Å². The number of H-pyrrole nitrogens is 1. The molecule has 1 aromatic carbocycles. The minimum Gasteiger partial charge on any atom is -0.338 e. The maximum atomic E-state index is 12.5. The molecule has 0 atom stereocenters. The first-order valence-corrected chi connectivity index (χ1v) is 7.58. The van der Waals surface area contributed by atoms with E-state index in [0.29, 0.717) is 24.8 Å². The fourth-order valence-corrected chi connectivity index (χ4v) is 2.23. The zero-order valence-electron chi connectivity index (χ0n) is 13.4. The van der Waals surface area contributed by atoms with Crippen LogP contribution in [-0.2, 0) is 0 Å². The third kappa shape index (κ3) is 4.58. The standard InChI is InChI=1S/C18H23N3O/c1-14(2)13-21(18(22)17-19-12-15(3)20-17)11-7-10-16-8-5-4-6-9-16/h4-10,12,14H,11,13H2,1-3H3,(H,19,20). The number of hydrogen-bond donors (Lipinski definition) is 1. The molecule has 0 saturated heterocycles. The lowest BCUT2D eigenvalue weighted by atomic mass is 10.2. The minimum atomic E-state index is -0.0560. The van der Waals surface area contributed by atoms with Gasteiger partial charge in [0.15, 0.2) is 5.82 Å². The topological polar surface area (TPSA) is 49.0 Å². The van der Waals surface area contributed by atoms with Crippen molar-refractivity contribution in [2.75, 3.05) is 13.1 Å². The number of amides is 1. The minimum absolute atomic E-state index is 0.0560. The van der Waals surface area contributed by atoms with Gasteiger partial charge in [0.05, 0.1) is 0 Å². The lowest BCUT2D eigenvalue weighted by Gasteiger charge is -2.22. The average molecular weight is 297 g/mol. The lowest BCUT2D eigenvalue weighted by molar-refractivity contribution is 0.0745. The maximum absolute atomic E-state index is 12.5. The summed E-state index contributed by atoms with van der Waals surface area (Å²) >= 11 is 0. The van der Waals surface area contributed by atoms with Gasteiger partial charge in [0.25, 0.3) is 5.91 Å². The Morgan fingerprint density at radius 3 is 2.64 bits per heavy atom. The Morgan fingerprint density at radius 2 is 2.05 bits per heavy atom. The van der Waals surface area contributed by atoms with Crippen LogP contribution in [0.25, 0.3) is 6.08 Å². The van der Waals surface area contributed by atoms with Crippen LogP contribution in [0, 0.1) is 12.8 Å². The second-order valence-electron chi connectivity index (χ2n) is 5.83. The smallest absolute Gasteiger partial charge is 0.289 e. The maximum Gasteiger partial charge on any atom is 0.289 e. The molecule has 0 saturated carbocycles. The second-order valence-corrected chi connectivity index (χ2v) is 5.83. The lowest BCUT2D eigenvalue weighted by Crippen LogP contribution is -2.35.